The van der Waals surface area contributed by atoms with Crippen molar-refractivity contribution >= 4 is 29.3 Å². The van der Waals surface area contributed by atoms with Crippen LogP contribution in [-0.2, 0) is 9.59 Å². The Kier molecular flexibility index (Phi) is 5.03. The number of amides is 2. The quantitative estimate of drug-likeness (QED) is 0.659. The van der Waals surface area contributed by atoms with Crippen LogP contribution in [-0.4, -0.2) is 21.6 Å². The Morgan fingerprint density at radius 2 is 1.96 bits per heavy atom. The van der Waals surface area contributed by atoms with E-state index in [1.54, 1.807) is 25.3 Å². The van der Waals surface area contributed by atoms with E-state index in [0.29, 0.717) is 11.3 Å². The normalized spacial score (nSPS) is 15.2. The summed E-state index contributed by atoms with van der Waals surface area (Å²) in [6.45, 7) is 3.09. The van der Waals surface area contributed by atoms with Crippen molar-refractivity contribution in [2.75, 3.05) is 5.32 Å². The fourth-order valence-electron chi connectivity index (χ4n) is 3.18. The minimum Gasteiger partial charge on any atom is -0.326 e. The van der Waals surface area contributed by atoms with E-state index < -0.39 is 11.0 Å². The summed E-state index contributed by atoms with van der Waals surface area (Å²) in [4.78, 5) is 36.7. The van der Waals surface area contributed by atoms with Gasteiger partial charge in [-0.25, -0.2) is 0 Å². The van der Waals surface area contributed by atoms with Crippen LogP contribution in [0.4, 0.5) is 11.4 Å². The van der Waals surface area contributed by atoms with Gasteiger partial charge in [0.15, 0.2) is 0 Å². The molecule has 1 N–H and O–H groups in total. The highest BCUT2D eigenvalue weighted by molar-refractivity contribution is 5.92. The fraction of sp³-hybridized carbons (Fsp3) is 0.200. The molecule has 27 heavy (non-hydrogen) atoms. The molecule has 0 aliphatic carbocycles. The highest BCUT2D eigenvalue weighted by atomic mass is 16.6. The van der Waals surface area contributed by atoms with E-state index in [0.717, 1.165) is 11.1 Å². The zero-order valence-electron chi connectivity index (χ0n) is 15.0. The van der Waals surface area contributed by atoms with Crippen molar-refractivity contribution in [2.45, 2.75) is 26.3 Å². The number of nitro benzene ring substituents is 1. The number of nitrogens with one attached hydrogen (secondary N) is 1. The van der Waals surface area contributed by atoms with Crippen molar-refractivity contribution in [1.29, 1.82) is 0 Å². The summed E-state index contributed by atoms with van der Waals surface area (Å²) in [5.41, 5.74) is 2.67. The number of fused-ring (bicyclic) bond motifs is 1. The molecule has 7 nitrogen and oxygen atoms in total. The summed E-state index contributed by atoms with van der Waals surface area (Å²) in [7, 11) is 0. The summed E-state index contributed by atoms with van der Waals surface area (Å²) in [6, 6.07) is 11.7. The highest BCUT2D eigenvalue weighted by Gasteiger charge is 2.28. The summed E-state index contributed by atoms with van der Waals surface area (Å²) < 4.78 is 0. The van der Waals surface area contributed by atoms with Gasteiger partial charge < -0.3 is 10.2 Å². The standard InChI is InChI=1S/C20H19N3O4/c1-13-7-8-16(11-18(13)23(26)27)21-20(25)12-19-17-6-4-3-5-15(17)9-10-22(19)14(2)24/h3-11,19H,12H2,1-2H3,(H,21,25). The van der Waals surface area contributed by atoms with E-state index >= 15 is 0 Å². The van der Waals surface area contributed by atoms with Crippen LogP contribution < -0.4 is 5.32 Å². The Morgan fingerprint density at radius 3 is 2.67 bits per heavy atom. The minimum absolute atomic E-state index is 0.0443. The van der Waals surface area contributed by atoms with E-state index in [1.807, 2.05) is 30.3 Å². The maximum Gasteiger partial charge on any atom is 0.274 e. The lowest BCUT2D eigenvalue weighted by molar-refractivity contribution is -0.385. The van der Waals surface area contributed by atoms with Crippen LogP contribution in [0.15, 0.2) is 48.7 Å². The van der Waals surface area contributed by atoms with Gasteiger partial charge in [-0.15, -0.1) is 0 Å². The van der Waals surface area contributed by atoms with Crippen molar-refractivity contribution in [2.24, 2.45) is 0 Å². The molecular weight excluding hydrogens is 346 g/mol. The Hall–Kier alpha value is -3.48. The van der Waals surface area contributed by atoms with E-state index in [1.165, 1.54) is 17.9 Å². The predicted octanol–water partition coefficient (Wildman–Crippen LogP) is 3.81. The number of anilines is 1. The van der Waals surface area contributed by atoms with Crippen molar-refractivity contribution in [3.63, 3.8) is 0 Å². The van der Waals surface area contributed by atoms with Crippen molar-refractivity contribution in [3.05, 3.63) is 75.5 Å². The Morgan fingerprint density at radius 1 is 1.22 bits per heavy atom. The molecule has 2 aromatic carbocycles. The Bertz CT molecular complexity index is 952. The van der Waals surface area contributed by atoms with Crippen LogP contribution in [0, 0.1) is 17.0 Å². The number of aryl methyl sites for hydroxylation is 1. The van der Waals surface area contributed by atoms with E-state index in [2.05, 4.69) is 5.32 Å². The van der Waals surface area contributed by atoms with Gasteiger partial charge in [0.05, 0.1) is 17.4 Å². The van der Waals surface area contributed by atoms with Gasteiger partial charge in [0.1, 0.15) is 0 Å². The smallest absolute Gasteiger partial charge is 0.274 e. The van der Waals surface area contributed by atoms with Crippen molar-refractivity contribution in [1.82, 2.24) is 4.90 Å². The van der Waals surface area contributed by atoms with Gasteiger partial charge in [0, 0.05) is 30.4 Å². The van der Waals surface area contributed by atoms with Gasteiger partial charge in [0.2, 0.25) is 11.8 Å². The lowest BCUT2D eigenvalue weighted by Crippen LogP contribution is -2.33. The number of nitro groups is 1. The third-order valence-electron chi connectivity index (χ3n) is 4.54. The first-order valence-corrected chi connectivity index (χ1v) is 8.47. The predicted molar refractivity (Wildman–Crippen MR) is 102 cm³/mol. The molecular formula is C20H19N3O4. The number of hydrogen-bond donors (Lipinski definition) is 1. The molecule has 0 aromatic heterocycles. The second-order valence-corrected chi connectivity index (χ2v) is 6.40. The number of nitrogens with zero attached hydrogens (tertiary/aromatic N) is 2. The molecule has 2 amide bonds. The van der Waals surface area contributed by atoms with Crippen LogP contribution in [0.1, 0.15) is 36.1 Å². The van der Waals surface area contributed by atoms with Gasteiger partial charge >= 0.3 is 0 Å². The largest absolute Gasteiger partial charge is 0.326 e. The van der Waals surface area contributed by atoms with Gasteiger partial charge in [-0.2, -0.15) is 0 Å². The van der Waals surface area contributed by atoms with Crippen molar-refractivity contribution in [3.8, 4) is 0 Å². The molecule has 0 fully saturated rings. The molecule has 1 atom stereocenters. The lowest BCUT2D eigenvalue weighted by Gasteiger charge is -2.32. The van der Waals surface area contributed by atoms with Crippen LogP contribution in [0.3, 0.4) is 0 Å². The SMILES string of the molecule is CC(=O)N1C=Cc2ccccc2C1CC(=O)Nc1ccc(C)c([N+](=O)[O-])c1. The monoisotopic (exact) mass is 365 g/mol. The third kappa shape index (κ3) is 3.87. The molecule has 1 aliphatic heterocycles. The van der Waals surface area contributed by atoms with Gasteiger partial charge in [-0.1, -0.05) is 30.3 Å². The minimum atomic E-state index is -0.481. The Labute approximate surface area is 156 Å². The number of benzene rings is 2. The maximum atomic E-state index is 12.6. The first-order valence-electron chi connectivity index (χ1n) is 8.47. The van der Waals surface area contributed by atoms with Gasteiger partial charge in [-0.05, 0) is 30.2 Å². The van der Waals surface area contributed by atoms with E-state index in [9.17, 15) is 19.7 Å². The first-order chi connectivity index (χ1) is 12.9. The molecule has 1 aliphatic rings. The maximum absolute atomic E-state index is 12.6. The molecule has 1 unspecified atom stereocenters. The number of carbonyl (C=O) groups excluding carboxylic acids is 2. The number of carbonyl (C=O) groups is 2. The molecule has 7 heteroatoms. The van der Waals surface area contributed by atoms with Gasteiger partial charge in [0.25, 0.3) is 5.69 Å². The third-order valence-corrected chi connectivity index (χ3v) is 4.54. The second-order valence-electron chi connectivity index (χ2n) is 6.40. The van der Waals surface area contributed by atoms with Crippen LogP contribution in [0.2, 0.25) is 0 Å². The zero-order chi connectivity index (χ0) is 19.6. The number of rotatable bonds is 4. The summed E-state index contributed by atoms with van der Waals surface area (Å²) in [5.74, 6) is -0.487. The first kappa shape index (κ1) is 18.3. The topological polar surface area (TPSA) is 92.6 Å². The van der Waals surface area contributed by atoms with Crippen LogP contribution >= 0.6 is 0 Å². The fourth-order valence-corrected chi connectivity index (χ4v) is 3.18. The highest BCUT2D eigenvalue weighted by Crippen LogP contribution is 2.33. The average Bonchev–Trinajstić information content (AvgIpc) is 2.63. The number of hydrogen-bond acceptors (Lipinski definition) is 4. The van der Waals surface area contributed by atoms with Crippen LogP contribution in [0.25, 0.3) is 6.08 Å². The van der Waals surface area contributed by atoms with Crippen LogP contribution in [0.5, 0.6) is 0 Å². The molecule has 0 spiro atoms. The molecule has 2 aromatic rings. The summed E-state index contributed by atoms with van der Waals surface area (Å²) >= 11 is 0. The lowest BCUT2D eigenvalue weighted by atomic mass is 9.93. The molecule has 1 heterocycles. The van der Waals surface area contributed by atoms with E-state index in [-0.39, 0.29) is 23.9 Å². The molecule has 3 rings (SSSR count). The summed E-state index contributed by atoms with van der Waals surface area (Å²) in [6.07, 6.45) is 3.57. The summed E-state index contributed by atoms with van der Waals surface area (Å²) in [5, 5.41) is 13.8. The second kappa shape index (κ2) is 7.41. The molecule has 138 valence electrons. The zero-order valence-corrected chi connectivity index (χ0v) is 15.0. The molecule has 0 radical (unpaired) electrons. The molecule has 0 saturated heterocycles. The van der Waals surface area contributed by atoms with Gasteiger partial charge in [-0.3, -0.25) is 19.7 Å². The Balaban J connectivity index is 1.82. The molecule has 0 saturated carbocycles. The van der Waals surface area contributed by atoms with E-state index in [4.69, 9.17) is 0 Å². The average molecular weight is 365 g/mol. The molecule has 0 bridgehead atoms. The van der Waals surface area contributed by atoms with Crippen molar-refractivity contribution < 1.29 is 14.5 Å².